The molecule has 0 aliphatic heterocycles. The summed E-state index contributed by atoms with van der Waals surface area (Å²) in [4.78, 5) is 28.5. The second kappa shape index (κ2) is 34.6. The van der Waals surface area contributed by atoms with Crippen LogP contribution in [0, 0.1) is 11.8 Å². The minimum Gasteiger partial charge on any atom is -0.461 e. The van der Waals surface area contributed by atoms with Gasteiger partial charge in [0.15, 0.2) is 0 Å². The maximum Gasteiger partial charge on any atom is 0.306 e. The van der Waals surface area contributed by atoms with Gasteiger partial charge in [0.2, 0.25) is 0 Å². The van der Waals surface area contributed by atoms with E-state index in [0.29, 0.717) is 24.7 Å². The fraction of sp³-hybridized carbons (Fsp3) is 0.833. The molecule has 5 nitrogen and oxygen atoms in total. The van der Waals surface area contributed by atoms with Crippen LogP contribution in [0.5, 0.6) is 0 Å². The number of benzene rings is 1. The lowest BCUT2D eigenvalue weighted by molar-refractivity contribution is -0.147. The quantitative estimate of drug-likeness (QED) is 0.0502. The average Bonchev–Trinajstić information content (AvgIpc) is 3.13. The number of hydrogen-bond acceptors (Lipinski definition) is 5. The van der Waals surface area contributed by atoms with Gasteiger partial charge in [-0.05, 0) is 74.4 Å². The molecular weight excluding hydrogens is 655 g/mol. The lowest BCUT2D eigenvalue weighted by atomic mass is 9.91. The molecular formula is C48H87NO4. The van der Waals surface area contributed by atoms with E-state index < -0.39 is 0 Å². The van der Waals surface area contributed by atoms with Gasteiger partial charge in [0, 0.05) is 19.4 Å². The van der Waals surface area contributed by atoms with Crippen molar-refractivity contribution in [2.24, 2.45) is 11.8 Å². The SMILES string of the molecule is CCCCCCCCC(CCCCCCC)CC(=O)OCc1cc(COC(=O)CC(CCCCCCCC)CCCCCCCC)cc(CN(C)C)c1. The molecule has 308 valence electrons. The van der Waals surface area contributed by atoms with E-state index in [9.17, 15) is 9.59 Å². The predicted molar refractivity (Wildman–Crippen MR) is 227 cm³/mol. The number of hydrogen-bond donors (Lipinski definition) is 0. The molecule has 53 heavy (non-hydrogen) atoms. The average molecular weight is 742 g/mol. The van der Waals surface area contributed by atoms with Crippen molar-refractivity contribution in [1.82, 2.24) is 4.90 Å². The number of esters is 2. The Bertz CT molecular complexity index is 991. The number of nitrogens with zero attached hydrogens (tertiary/aromatic N) is 1. The maximum absolute atomic E-state index is 13.2. The van der Waals surface area contributed by atoms with E-state index in [2.05, 4.69) is 64.9 Å². The van der Waals surface area contributed by atoms with Gasteiger partial charge in [-0.15, -0.1) is 0 Å². The fourth-order valence-corrected chi connectivity index (χ4v) is 7.75. The molecule has 1 atom stereocenters. The third-order valence-corrected chi connectivity index (χ3v) is 10.9. The third-order valence-electron chi connectivity index (χ3n) is 10.9. The van der Waals surface area contributed by atoms with Crippen LogP contribution in [0.1, 0.15) is 231 Å². The van der Waals surface area contributed by atoms with E-state index in [-0.39, 0.29) is 25.2 Å². The largest absolute Gasteiger partial charge is 0.461 e. The predicted octanol–water partition coefficient (Wildman–Crippen LogP) is 14.5. The van der Waals surface area contributed by atoms with Crippen LogP contribution in [0.2, 0.25) is 0 Å². The first kappa shape index (κ1) is 49.1. The summed E-state index contributed by atoms with van der Waals surface area (Å²) < 4.78 is 11.9. The van der Waals surface area contributed by atoms with E-state index in [0.717, 1.165) is 48.9 Å². The van der Waals surface area contributed by atoms with Crippen molar-refractivity contribution in [1.29, 1.82) is 0 Å². The smallest absolute Gasteiger partial charge is 0.306 e. The van der Waals surface area contributed by atoms with Crippen molar-refractivity contribution < 1.29 is 19.1 Å². The van der Waals surface area contributed by atoms with Gasteiger partial charge in [0.25, 0.3) is 0 Å². The lowest BCUT2D eigenvalue weighted by Crippen LogP contribution is -2.14. The highest BCUT2D eigenvalue weighted by Crippen LogP contribution is 2.25. The van der Waals surface area contributed by atoms with Crippen LogP contribution in [0.25, 0.3) is 0 Å². The van der Waals surface area contributed by atoms with Gasteiger partial charge in [0.05, 0.1) is 0 Å². The zero-order valence-corrected chi connectivity index (χ0v) is 36.1. The Morgan fingerprint density at radius 3 is 1.04 bits per heavy atom. The Balaban J connectivity index is 2.78. The topological polar surface area (TPSA) is 55.8 Å². The van der Waals surface area contributed by atoms with Gasteiger partial charge in [-0.1, -0.05) is 188 Å². The highest BCUT2D eigenvalue weighted by molar-refractivity contribution is 5.70. The van der Waals surface area contributed by atoms with Crippen molar-refractivity contribution in [3.05, 3.63) is 34.9 Å². The molecule has 0 aliphatic carbocycles. The van der Waals surface area contributed by atoms with Crippen LogP contribution in [0.4, 0.5) is 0 Å². The van der Waals surface area contributed by atoms with Crippen LogP contribution >= 0.6 is 0 Å². The van der Waals surface area contributed by atoms with E-state index in [1.165, 1.54) is 148 Å². The first-order chi connectivity index (χ1) is 25.8. The number of carbonyl (C=O) groups excluding carboxylic acids is 2. The molecule has 0 fully saturated rings. The number of ether oxygens (including phenoxy) is 2. The summed E-state index contributed by atoms with van der Waals surface area (Å²) in [5.74, 6) is 0.666. The number of unbranched alkanes of at least 4 members (excludes halogenated alkanes) is 19. The molecule has 0 aliphatic rings. The summed E-state index contributed by atoms with van der Waals surface area (Å²) in [7, 11) is 4.12. The van der Waals surface area contributed by atoms with Gasteiger partial charge in [0.1, 0.15) is 13.2 Å². The van der Waals surface area contributed by atoms with Crippen LogP contribution < -0.4 is 0 Å². The first-order valence-electron chi connectivity index (χ1n) is 22.9. The molecule has 0 saturated carbocycles. The molecule has 0 amide bonds. The minimum absolute atomic E-state index is 0.0796. The molecule has 0 bridgehead atoms. The molecule has 0 N–H and O–H groups in total. The summed E-state index contributed by atoms with van der Waals surface area (Å²) in [5, 5.41) is 0. The van der Waals surface area contributed by atoms with Crippen LogP contribution in [-0.4, -0.2) is 30.9 Å². The fourth-order valence-electron chi connectivity index (χ4n) is 7.75. The second-order valence-corrected chi connectivity index (χ2v) is 16.7. The van der Waals surface area contributed by atoms with Crippen molar-refractivity contribution in [3.8, 4) is 0 Å². The van der Waals surface area contributed by atoms with Crippen molar-refractivity contribution in [2.75, 3.05) is 14.1 Å². The van der Waals surface area contributed by atoms with Crippen LogP contribution in [0.15, 0.2) is 18.2 Å². The van der Waals surface area contributed by atoms with Crippen LogP contribution in [0.3, 0.4) is 0 Å². The molecule has 5 heteroatoms. The van der Waals surface area contributed by atoms with E-state index >= 15 is 0 Å². The Labute approximate surface area is 329 Å². The lowest BCUT2D eigenvalue weighted by Gasteiger charge is -2.18. The van der Waals surface area contributed by atoms with Gasteiger partial charge in [-0.3, -0.25) is 9.59 Å². The van der Waals surface area contributed by atoms with E-state index in [1.807, 2.05) is 0 Å². The van der Waals surface area contributed by atoms with Crippen molar-refractivity contribution in [2.45, 2.75) is 234 Å². The zero-order valence-electron chi connectivity index (χ0n) is 36.1. The zero-order chi connectivity index (χ0) is 38.8. The summed E-state index contributed by atoms with van der Waals surface area (Å²) in [6.07, 6.45) is 35.0. The summed E-state index contributed by atoms with van der Waals surface area (Å²) in [5.41, 5.74) is 3.09. The molecule has 0 saturated heterocycles. The Kier molecular flexibility index (Phi) is 32.1. The summed E-state index contributed by atoms with van der Waals surface area (Å²) >= 11 is 0. The van der Waals surface area contributed by atoms with E-state index in [1.54, 1.807) is 0 Å². The Morgan fingerprint density at radius 1 is 0.453 bits per heavy atom. The van der Waals surface area contributed by atoms with E-state index in [4.69, 9.17) is 9.47 Å². The van der Waals surface area contributed by atoms with Gasteiger partial charge < -0.3 is 14.4 Å². The third kappa shape index (κ3) is 29.1. The molecule has 1 aromatic rings. The number of rotatable bonds is 37. The standard InChI is InChI=1S/C48H87NO4/c1-7-11-15-19-23-27-31-42(30-26-22-18-14-10-4)37-47(50)52-40-45-34-44(39-49(5)6)35-46(36-45)41-53-48(51)38-43(32-28-24-20-16-12-8-2)33-29-25-21-17-13-9-3/h34-36,42-43H,7-33,37-41H2,1-6H3. The molecule has 0 heterocycles. The Morgan fingerprint density at radius 2 is 0.736 bits per heavy atom. The summed E-state index contributed by atoms with van der Waals surface area (Å²) in [6, 6.07) is 6.33. The molecule has 0 aromatic heterocycles. The van der Waals surface area contributed by atoms with Crippen molar-refractivity contribution >= 4 is 11.9 Å². The normalized spacial score (nSPS) is 12.2. The second-order valence-electron chi connectivity index (χ2n) is 16.7. The van der Waals surface area contributed by atoms with Gasteiger partial charge in [-0.2, -0.15) is 0 Å². The molecule has 0 spiro atoms. The van der Waals surface area contributed by atoms with Crippen molar-refractivity contribution in [3.63, 3.8) is 0 Å². The maximum atomic E-state index is 13.2. The minimum atomic E-state index is -0.0812. The monoisotopic (exact) mass is 742 g/mol. The summed E-state index contributed by atoms with van der Waals surface area (Å²) in [6.45, 7) is 10.4. The van der Waals surface area contributed by atoms with Gasteiger partial charge >= 0.3 is 11.9 Å². The molecule has 0 radical (unpaired) electrons. The molecule has 1 aromatic carbocycles. The highest BCUT2D eigenvalue weighted by atomic mass is 16.5. The first-order valence-corrected chi connectivity index (χ1v) is 22.9. The highest BCUT2D eigenvalue weighted by Gasteiger charge is 2.17. The Hall–Kier alpha value is -1.88. The molecule has 1 unspecified atom stereocenters. The number of carbonyl (C=O) groups is 2. The van der Waals surface area contributed by atoms with Crippen LogP contribution in [-0.2, 0) is 38.8 Å². The van der Waals surface area contributed by atoms with Gasteiger partial charge in [-0.25, -0.2) is 0 Å². The molecule has 1 rings (SSSR count).